The molecule has 0 spiro atoms. The summed E-state index contributed by atoms with van der Waals surface area (Å²) in [7, 11) is 0. The van der Waals surface area contributed by atoms with Gasteiger partial charge in [0.15, 0.2) is 0 Å². The van der Waals surface area contributed by atoms with E-state index in [9.17, 15) is 5.11 Å². The van der Waals surface area contributed by atoms with Crippen LogP contribution in [-0.2, 0) is 0 Å². The Balaban J connectivity index is 1.75. The van der Waals surface area contributed by atoms with Gasteiger partial charge in [0.1, 0.15) is 0 Å². The van der Waals surface area contributed by atoms with Crippen LogP contribution in [0.4, 0.5) is 0 Å². The summed E-state index contributed by atoms with van der Waals surface area (Å²) < 4.78 is 0. The van der Waals surface area contributed by atoms with Gasteiger partial charge in [-0.3, -0.25) is 0 Å². The Morgan fingerprint density at radius 2 is 1.93 bits per heavy atom. The maximum Gasteiger partial charge on any atom is 0.0711 e. The van der Waals surface area contributed by atoms with Crippen molar-refractivity contribution >= 4 is 0 Å². The fourth-order valence-electron chi connectivity index (χ4n) is 2.76. The minimum atomic E-state index is -0.305. The monoisotopic (exact) mass is 188 g/mol. The molecule has 2 saturated carbocycles. The molecule has 0 aromatic heterocycles. The highest BCUT2D eigenvalue weighted by molar-refractivity contribution is 5.30. The van der Waals surface area contributed by atoms with Crippen LogP contribution in [0.2, 0.25) is 0 Å². The zero-order valence-corrected chi connectivity index (χ0v) is 8.48. The van der Waals surface area contributed by atoms with E-state index in [0.29, 0.717) is 17.8 Å². The lowest BCUT2D eigenvalue weighted by molar-refractivity contribution is 0.108. The Hall–Kier alpha value is -0.820. The van der Waals surface area contributed by atoms with E-state index in [1.807, 2.05) is 0 Å². The van der Waals surface area contributed by atoms with Crippen LogP contribution in [0.1, 0.15) is 31.2 Å². The largest absolute Gasteiger partial charge is 0.389 e. The Morgan fingerprint density at radius 1 is 1.29 bits per heavy atom. The molecule has 2 aliphatic carbocycles. The molecule has 1 aromatic rings. The van der Waals surface area contributed by atoms with E-state index in [-0.39, 0.29) is 5.60 Å². The van der Waals surface area contributed by atoms with E-state index in [2.05, 4.69) is 37.3 Å². The summed E-state index contributed by atoms with van der Waals surface area (Å²) in [6, 6.07) is 10.6. The van der Waals surface area contributed by atoms with Crippen LogP contribution in [0.15, 0.2) is 30.3 Å². The summed E-state index contributed by atoms with van der Waals surface area (Å²) in [5, 5.41) is 10.2. The van der Waals surface area contributed by atoms with Gasteiger partial charge in [-0.05, 0) is 36.2 Å². The molecule has 0 amide bonds. The molecule has 2 fully saturated rings. The summed E-state index contributed by atoms with van der Waals surface area (Å²) >= 11 is 0. The summed E-state index contributed by atoms with van der Waals surface area (Å²) in [4.78, 5) is 0. The molecule has 4 atom stereocenters. The quantitative estimate of drug-likeness (QED) is 0.756. The van der Waals surface area contributed by atoms with Crippen molar-refractivity contribution in [2.75, 3.05) is 0 Å². The van der Waals surface area contributed by atoms with Crippen molar-refractivity contribution in [1.29, 1.82) is 0 Å². The van der Waals surface area contributed by atoms with Gasteiger partial charge < -0.3 is 5.11 Å². The molecule has 0 aliphatic heterocycles. The Morgan fingerprint density at radius 3 is 2.50 bits per heavy atom. The third-order valence-electron chi connectivity index (χ3n) is 3.99. The van der Waals surface area contributed by atoms with Crippen LogP contribution in [-0.4, -0.2) is 10.7 Å². The van der Waals surface area contributed by atoms with Crippen molar-refractivity contribution < 1.29 is 5.11 Å². The molecule has 1 nitrogen and oxygen atoms in total. The summed E-state index contributed by atoms with van der Waals surface area (Å²) in [5.74, 6) is 1.70. The average Bonchev–Trinajstić information content (AvgIpc) is 3.06. The summed E-state index contributed by atoms with van der Waals surface area (Å²) in [6.45, 7) is 2.15. The first-order chi connectivity index (χ1) is 6.72. The molecule has 0 saturated heterocycles. The Kier molecular flexibility index (Phi) is 1.58. The average molecular weight is 188 g/mol. The number of hydrogen-bond acceptors (Lipinski definition) is 1. The molecule has 0 radical (unpaired) electrons. The third-order valence-corrected chi connectivity index (χ3v) is 3.99. The van der Waals surface area contributed by atoms with Crippen LogP contribution in [0, 0.1) is 11.8 Å². The first kappa shape index (κ1) is 8.49. The molecule has 4 unspecified atom stereocenters. The predicted octanol–water partition coefficient (Wildman–Crippen LogP) is 2.56. The van der Waals surface area contributed by atoms with Gasteiger partial charge in [-0.2, -0.15) is 0 Å². The van der Waals surface area contributed by atoms with Crippen LogP contribution >= 0.6 is 0 Å². The van der Waals surface area contributed by atoms with Crippen LogP contribution in [0.3, 0.4) is 0 Å². The Bertz CT molecular complexity index is 346. The zero-order chi connectivity index (χ0) is 9.76. The molecule has 1 heteroatoms. The van der Waals surface area contributed by atoms with E-state index in [1.54, 1.807) is 0 Å². The topological polar surface area (TPSA) is 20.2 Å². The summed E-state index contributed by atoms with van der Waals surface area (Å²) in [5.41, 5.74) is 1.10. The van der Waals surface area contributed by atoms with E-state index in [1.165, 1.54) is 12.0 Å². The first-order valence-corrected chi connectivity index (χ1v) is 5.49. The molecule has 74 valence electrons. The molecule has 0 heterocycles. The fourth-order valence-corrected chi connectivity index (χ4v) is 2.76. The lowest BCUT2D eigenvalue weighted by Crippen LogP contribution is -2.13. The molecule has 3 rings (SSSR count). The van der Waals surface area contributed by atoms with Crippen LogP contribution < -0.4 is 0 Å². The molecule has 14 heavy (non-hydrogen) atoms. The van der Waals surface area contributed by atoms with Crippen molar-refractivity contribution in [2.45, 2.75) is 31.3 Å². The molecular formula is C13H16O. The minimum absolute atomic E-state index is 0.305. The summed E-state index contributed by atoms with van der Waals surface area (Å²) in [6.07, 6.45) is 2.20. The minimum Gasteiger partial charge on any atom is -0.389 e. The normalized spacial score (nSPS) is 44.9. The second-order valence-electron chi connectivity index (χ2n) is 4.96. The number of aliphatic hydroxyl groups is 1. The van der Waals surface area contributed by atoms with Gasteiger partial charge in [0.25, 0.3) is 0 Å². The molecule has 1 N–H and O–H groups in total. The highest BCUT2D eigenvalue weighted by Gasteiger charge is 2.63. The third kappa shape index (κ3) is 1.12. The lowest BCUT2D eigenvalue weighted by atomic mass is 10.0. The number of rotatable bonds is 2. The van der Waals surface area contributed by atoms with Gasteiger partial charge in [0.2, 0.25) is 0 Å². The second kappa shape index (κ2) is 2.60. The maximum atomic E-state index is 10.2. The SMILES string of the molecule is CC1CC1(O)C1CC1c1ccccc1. The predicted molar refractivity (Wildman–Crippen MR) is 56.0 cm³/mol. The van der Waals surface area contributed by atoms with E-state index in [0.717, 1.165) is 6.42 Å². The number of benzene rings is 1. The van der Waals surface area contributed by atoms with Gasteiger partial charge in [0, 0.05) is 0 Å². The van der Waals surface area contributed by atoms with E-state index < -0.39 is 0 Å². The Labute approximate surface area is 84.8 Å². The van der Waals surface area contributed by atoms with Crippen molar-refractivity contribution in [3.05, 3.63) is 35.9 Å². The van der Waals surface area contributed by atoms with Crippen molar-refractivity contribution in [2.24, 2.45) is 11.8 Å². The van der Waals surface area contributed by atoms with Crippen molar-refractivity contribution in [3.63, 3.8) is 0 Å². The van der Waals surface area contributed by atoms with Crippen molar-refractivity contribution in [1.82, 2.24) is 0 Å². The highest BCUT2D eigenvalue weighted by Crippen LogP contribution is 2.64. The van der Waals surface area contributed by atoms with Gasteiger partial charge in [-0.15, -0.1) is 0 Å². The maximum absolute atomic E-state index is 10.2. The van der Waals surface area contributed by atoms with Gasteiger partial charge >= 0.3 is 0 Å². The lowest BCUT2D eigenvalue weighted by Gasteiger charge is -2.07. The van der Waals surface area contributed by atoms with E-state index >= 15 is 0 Å². The van der Waals surface area contributed by atoms with E-state index in [4.69, 9.17) is 0 Å². The van der Waals surface area contributed by atoms with Crippen LogP contribution in [0.5, 0.6) is 0 Å². The number of hydrogen-bond donors (Lipinski definition) is 1. The standard InChI is InChI=1S/C13H16O/c1-9-8-13(9,14)12-7-11(12)10-5-3-2-4-6-10/h2-6,9,11-12,14H,7-8H2,1H3. The fraction of sp³-hybridized carbons (Fsp3) is 0.538. The van der Waals surface area contributed by atoms with Gasteiger partial charge in [-0.25, -0.2) is 0 Å². The highest BCUT2D eigenvalue weighted by atomic mass is 16.3. The molecular weight excluding hydrogens is 172 g/mol. The van der Waals surface area contributed by atoms with Gasteiger partial charge in [-0.1, -0.05) is 37.3 Å². The molecule has 1 aromatic carbocycles. The zero-order valence-electron chi connectivity index (χ0n) is 8.48. The van der Waals surface area contributed by atoms with Gasteiger partial charge in [0.05, 0.1) is 5.60 Å². The van der Waals surface area contributed by atoms with Crippen molar-refractivity contribution in [3.8, 4) is 0 Å². The second-order valence-corrected chi connectivity index (χ2v) is 4.96. The smallest absolute Gasteiger partial charge is 0.0711 e. The molecule has 0 bridgehead atoms. The van der Waals surface area contributed by atoms with Crippen LogP contribution in [0.25, 0.3) is 0 Å². The molecule has 2 aliphatic rings. The first-order valence-electron chi connectivity index (χ1n) is 5.49.